The molecular weight excluding hydrogens is 456 g/mol. The van der Waals surface area contributed by atoms with E-state index in [4.69, 9.17) is 9.47 Å². The molecule has 2 unspecified atom stereocenters. The van der Waals surface area contributed by atoms with Gasteiger partial charge in [-0.05, 0) is 56.2 Å². The Hall–Kier alpha value is -2.81. The summed E-state index contributed by atoms with van der Waals surface area (Å²) in [5, 5.41) is 0. The van der Waals surface area contributed by atoms with E-state index in [2.05, 4.69) is 4.98 Å². The van der Waals surface area contributed by atoms with E-state index in [1.807, 2.05) is 4.90 Å². The van der Waals surface area contributed by atoms with Crippen molar-refractivity contribution >= 4 is 15.9 Å². The number of sulfone groups is 1. The number of carbonyl (C=O) groups is 1. The summed E-state index contributed by atoms with van der Waals surface area (Å²) in [5.74, 6) is 0.470. The Kier molecular flexibility index (Phi) is 6.14. The number of carbonyl (C=O) groups excluding carboxylic acids is 1. The van der Waals surface area contributed by atoms with Gasteiger partial charge in [-0.25, -0.2) is 13.2 Å². The number of hydrogen-bond donors (Lipinski definition) is 1. The first-order chi connectivity index (χ1) is 16.3. The summed E-state index contributed by atoms with van der Waals surface area (Å²) in [6.45, 7) is 0. The summed E-state index contributed by atoms with van der Waals surface area (Å²) >= 11 is 0. The molecule has 1 aromatic heterocycles. The van der Waals surface area contributed by atoms with E-state index >= 15 is 0 Å². The van der Waals surface area contributed by atoms with Crippen LogP contribution in [0.2, 0.25) is 0 Å². The largest absolute Gasteiger partial charge is 0.490 e. The summed E-state index contributed by atoms with van der Waals surface area (Å²) in [5.41, 5.74) is 0.961. The third-order valence-electron chi connectivity index (χ3n) is 7.18. The summed E-state index contributed by atoms with van der Waals surface area (Å²) < 4.78 is 35.4. The van der Waals surface area contributed by atoms with Gasteiger partial charge >= 0.3 is 6.09 Å². The lowest BCUT2D eigenvalue weighted by molar-refractivity contribution is 0.0164. The molecular formula is C25H30N2O6S. The van der Waals surface area contributed by atoms with Gasteiger partial charge in [0.25, 0.3) is 5.56 Å². The van der Waals surface area contributed by atoms with Gasteiger partial charge < -0.3 is 19.4 Å². The molecule has 2 aliphatic heterocycles. The smallest absolute Gasteiger partial charge is 0.410 e. The molecule has 0 radical (unpaired) electrons. The first kappa shape index (κ1) is 23.0. The number of piperidine rings is 1. The number of nitrogens with zero attached hydrogens (tertiary/aromatic N) is 1. The van der Waals surface area contributed by atoms with Gasteiger partial charge in [0.2, 0.25) is 0 Å². The molecule has 2 atom stereocenters. The van der Waals surface area contributed by atoms with Crippen LogP contribution in [0.4, 0.5) is 4.79 Å². The standard InChI is InChI=1S/C25H30N2O6S/c1-34(30,31)22-10-6-16(7-11-22)23-14-21(15-24(28)26-23)32-20-12-17-8-9-18(13-20)27(17)25(29)33-19-4-2-3-5-19/h6-7,10-11,14-15,17-20H,2-5,8-9,12-13H2,1H3,(H,26,28). The fraction of sp³-hybridized carbons (Fsp3) is 0.520. The highest BCUT2D eigenvalue weighted by Gasteiger charge is 2.45. The van der Waals surface area contributed by atoms with Gasteiger partial charge in [-0.3, -0.25) is 4.79 Å². The maximum atomic E-state index is 12.8. The molecule has 1 saturated carbocycles. The van der Waals surface area contributed by atoms with Crippen molar-refractivity contribution in [1.82, 2.24) is 9.88 Å². The fourth-order valence-electron chi connectivity index (χ4n) is 5.55. The van der Waals surface area contributed by atoms with Gasteiger partial charge in [0, 0.05) is 43.3 Å². The number of aromatic amines is 1. The highest BCUT2D eigenvalue weighted by atomic mass is 32.2. The van der Waals surface area contributed by atoms with Crippen LogP contribution < -0.4 is 10.3 Å². The quantitative estimate of drug-likeness (QED) is 0.687. The highest BCUT2D eigenvalue weighted by molar-refractivity contribution is 7.90. The summed E-state index contributed by atoms with van der Waals surface area (Å²) in [6.07, 6.45) is 8.42. The second-order valence-corrected chi connectivity index (χ2v) is 11.7. The Bertz CT molecular complexity index is 1200. The molecule has 1 amide bonds. The molecule has 0 spiro atoms. The first-order valence-electron chi connectivity index (χ1n) is 12.0. The van der Waals surface area contributed by atoms with E-state index in [0.717, 1.165) is 44.8 Å². The Morgan fingerprint density at radius 2 is 1.62 bits per heavy atom. The van der Waals surface area contributed by atoms with E-state index in [1.165, 1.54) is 18.2 Å². The monoisotopic (exact) mass is 486 g/mol. The van der Waals surface area contributed by atoms with Crippen LogP contribution in [0.25, 0.3) is 11.3 Å². The van der Waals surface area contributed by atoms with E-state index < -0.39 is 9.84 Å². The minimum atomic E-state index is -3.29. The van der Waals surface area contributed by atoms with Crippen LogP contribution in [-0.4, -0.2) is 54.9 Å². The van der Waals surface area contributed by atoms with E-state index in [0.29, 0.717) is 29.8 Å². The molecule has 34 heavy (non-hydrogen) atoms. The van der Waals surface area contributed by atoms with Crippen molar-refractivity contribution in [2.75, 3.05) is 6.26 Å². The molecule has 2 aromatic rings. The first-order valence-corrected chi connectivity index (χ1v) is 13.9. The Morgan fingerprint density at radius 3 is 2.24 bits per heavy atom. The molecule has 9 heteroatoms. The van der Waals surface area contributed by atoms with Crippen molar-refractivity contribution in [3.63, 3.8) is 0 Å². The number of amides is 1. The van der Waals surface area contributed by atoms with Crippen LogP contribution in [0, 0.1) is 0 Å². The predicted octanol–water partition coefficient (Wildman–Crippen LogP) is 3.90. The second-order valence-electron chi connectivity index (χ2n) is 9.68. The van der Waals surface area contributed by atoms with Crippen molar-refractivity contribution in [3.05, 3.63) is 46.8 Å². The van der Waals surface area contributed by atoms with E-state index in [-0.39, 0.29) is 40.8 Å². The molecule has 1 aliphatic carbocycles. The third kappa shape index (κ3) is 4.85. The van der Waals surface area contributed by atoms with Crippen LogP contribution in [-0.2, 0) is 14.6 Å². The molecule has 8 nitrogen and oxygen atoms in total. The zero-order valence-electron chi connectivity index (χ0n) is 19.2. The normalized spacial score (nSPS) is 24.9. The van der Waals surface area contributed by atoms with Gasteiger partial charge in [0.1, 0.15) is 18.0 Å². The van der Waals surface area contributed by atoms with Gasteiger partial charge in [-0.1, -0.05) is 12.1 Å². The topological polar surface area (TPSA) is 106 Å². The fourth-order valence-corrected chi connectivity index (χ4v) is 6.18. The molecule has 1 N–H and O–H groups in total. The lowest BCUT2D eigenvalue weighted by Gasteiger charge is -2.38. The van der Waals surface area contributed by atoms with Crippen molar-refractivity contribution in [3.8, 4) is 17.0 Å². The summed E-state index contributed by atoms with van der Waals surface area (Å²) in [4.78, 5) is 30.0. The molecule has 2 bridgehead atoms. The van der Waals surface area contributed by atoms with Crippen molar-refractivity contribution in [2.45, 2.75) is 80.6 Å². The zero-order valence-corrected chi connectivity index (χ0v) is 20.1. The number of rotatable bonds is 5. The van der Waals surface area contributed by atoms with Gasteiger partial charge in [-0.2, -0.15) is 0 Å². The van der Waals surface area contributed by atoms with Crippen molar-refractivity contribution in [1.29, 1.82) is 0 Å². The van der Waals surface area contributed by atoms with Crippen LogP contribution in [0.1, 0.15) is 51.4 Å². The number of ether oxygens (including phenoxy) is 2. The number of fused-ring (bicyclic) bond motifs is 2. The highest BCUT2D eigenvalue weighted by Crippen LogP contribution is 2.38. The molecule has 1 aromatic carbocycles. The number of pyridine rings is 1. The van der Waals surface area contributed by atoms with Crippen LogP contribution in [0.5, 0.6) is 5.75 Å². The SMILES string of the molecule is CS(=O)(=O)c1ccc(-c2cc(OC3CC4CCC(C3)N4C(=O)OC3CCCC3)cc(=O)[nH]2)cc1. The number of H-pyrrole nitrogens is 1. The third-order valence-corrected chi connectivity index (χ3v) is 8.31. The molecule has 3 fully saturated rings. The maximum absolute atomic E-state index is 12.8. The van der Waals surface area contributed by atoms with Crippen molar-refractivity contribution in [2.24, 2.45) is 0 Å². The lowest BCUT2D eigenvalue weighted by Crippen LogP contribution is -2.50. The maximum Gasteiger partial charge on any atom is 0.410 e. The predicted molar refractivity (Wildman–Crippen MR) is 127 cm³/mol. The van der Waals surface area contributed by atoms with Gasteiger partial charge in [-0.15, -0.1) is 0 Å². The van der Waals surface area contributed by atoms with E-state index in [9.17, 15) is 18.0 Å². The number of hydrogen-bond acceptors (Lipinski definition) is 6. The Morgan fingerprint density at radius 1 is 0.971 bits per heavy atom. The van der Waals surface area contributed by atoms with Crippen LogP contribution in [0.15, 0.2) is 46.1 Å². The molecule has 182 valence electrons. The molecule has 5 rings (SSSR count). The van der Waals surface area contributed by atoms with Gasteiger partial charge in [0.15, 0.2) is 9.84 Å². The number of benzene rings is 1. The number of nitrogens with one attached hydrogen (secondary N) is 1. The number of aromatic nitrogens is 1. The Labute approximate surface area is 199 Å². The lowest BCUT2D eigenvalue weighted by atomic mass is 10.00. The summed E-state index contributed by atoms with van der Waals surface area (Å²) in [6, 6.07) is 9.77. The molecule has 2 saturated heterocycles. The minimum absolute atomic E-state index is 0.0573. The van der Waals surface area contributed by atoms with E-state index in [1.54, 1.807) is 18.2 Å². The zero-order chi connectivity index (χ0) is 23.9. The van der Waals surface area contributed by atoms with Crippen LogP contribution >= 0.6 is 0 Å². The average Bonchev–Trinajstić information content (AvgIpc) is 3.38. The van der Waals surface area contributed by atoms with Crippen LogP contribution in [0.3, 0.4) is 0 Å². The van der Waals surface area contributed by atoms with Crippen molar-refractivity contribution < 1.29 is 22.7 Å². The average molecular weight is 487 g/mol. The second kappa shape index (κ2) is 9.09. The molecule has 3 aliphatic rings. The Balaban J connectivity index is 1.27. The molecule has 3 heterocycles. The summed E-state index contributed by atoms with van der Waals surface area (Å²) in [7, 11) is -3.29. The minimum Gasteiger partial charge on any atom is -0.490 e. The van der Waals surface area contributed by atoms with Gasteiger partial charge in [0.05, 0.1) is 10.6 Å².